The quantitative estimate of drug-likeness (QED) is 0.821. The molecule has 0 radical (unpaired) electrons. The van der Waals surface area contributed by atoms with Crippen LogP contribution in [0.1, 0.15) is 12.7 Å². The molecule has 2 heterocycles. The van der Waals surface area contributed by atoms with Crippen molar-refractivity contribution in [1.29, 1.82) is 0 Å². The number of hydrogen-bond donors (Lipinski definition) is 1. The molecule has 3 rings (SSSR count). The van der Waals surface area contributed by atoms with E-state index in [9.17, 15) is 4.79 Å². The lowest BCUT2D eigenvalue weighted by Gasteiger charge is -2.38. The van der Waals surface area contributed by atoms with Crippen molar-refractivity contribution in [2.24, 2.45) is 0 Å². The first-order chi connectivity index (χ1) is 12.2. The Morgan fingerprint density at radius 3 is 2.96 bits per heavy atom. The molecule has 1 aromatic heterocycles. The van der Waals surface area contributed by atoms with Crippen LogP contribution in [0, 0.1) is 0 Å². The molecule has 8 heteroatoms. The minimum Gasteiger partial charge on any atom is -0.486 e. The summed E-state index contributed by atoms with van der Waals surface area (Å²) in [7, 11) is 1.63. The van der Waals surface area contributed by atoms with E-state index in [0.29, 0.717) is 50.1 Å². The summed E-state index contributed by atoms with van der Waals surface area (Å²) in [5.41, 5.74) is 0.745. The van der Waals surface area contributed by atoms with Crippen molar-refractivity contribution < 1.29 is 18.8 Å². The Morgan fingerprint density at radius 1 is 1.40 bits per heavy atom. The Kier molecular flexibility index (Phi) is 5.49. The van der Waals surface area contributed by atoms with Gasteiger partial charge in [0.15, 0.2) is 5.82 Å². The number of urea groups is 1. The standard InChI is InChI=1S/C17H22N4O4/c1-3-18-17(22)21-10-12(11-21)24-14-7-5-4-6-13(14)16-19-15(20-25-16)8-9-23-2/h4-7,12H,3,8-11H2,1-2H3,(H,18,22). The molecule has 25 heavy (non-hydrogen) atoms. The molecule has 0 unspecified atom stereocenters. The molecule has 0 atom stereocenters. The summed E-state index contributed by atoms with van der Waals surface area (Å²) in [6.07, 6.45) is 0.548. The molecule has 1 aromatic carbocycles. The highest BCUT2D eigenvalue weighted by Gasteiger charge is 2.32. The van der Waals surface area contributed by atoms with Gasteiger partial charge in [-0.2, -0.15) is 4.98 Å². The van der Waals surface area contributed by atoms with Crippen LogP contribution in [-0.2, 0) is 11.2 Å². The van der Waals surface area contributed by atoms with E-state index >= 15 is 0 Å². The number of benzene rings is 1. The number of para-hydroxylation sites is 1. The van der Waals surface area contributed by atoms with Crippen molar-refractivity contribution in [3.63, 3.8) is 0 Å². The van der Waals surface area contributed by atoms with Gasteiger partial charge in [-0.25, -0.2) is 4.79 Å². The van der Waals surface area contributed by atoms with E-state index in [1.165, 1.54) is 0 Å². The largest absolute Gasteiger partial charge is 0.486 e. The predicted octanol–water partition coefficient (Wildman–Crippen LogP) is 1.72. The number of nitrogens with zero attached hydrogens (tertiary/aromatic N) is 3. The van der Waals surface area contributed by atoms with E-state index in [2.05, 4.69) is 15.5 Å². The van der Waals surface area contributed by atoms with Gasteiger partial charge < -0.3 is 24.2 Å². The highest BCUT2D eigenvalue weighted by molar-refractivity contribution is 5.75. The molecule has 1 aliphatic rings. The van der Waals surface area contributed by atoms with Crippen molar-refractivity contribution in [2.75, 3.05) is 33.4 Å². The van der Waals surface area contributed by atoms with Crippen molar-refractivity contribution in [3.05, 3.63) is 30.1 Å². The van der Waals surface area contributed by atoms with Crippen molar-refractivity contribution in [3.8, 4) is 17.2 Å². The lowest BCUT2D eigenvalue weighted by atomic mass is 10.1. The first-order valence-corrected chi connectivity index (χ1v) is 8.31. The lowest BCUT2D eigenvalue weighted by molar-refractivity contribution is 0.0449. The molecule has 2 amide bonds. The number of likely N-dealkylation sites (tertiary alicyclic amines) is 1. The summed E-state index contributed by atoms with van der Waals surface area (Å²) in [6.45, 7) is 4.17. The molecular weight excluding hydrogens is 324 g/mol. The van der Waals surface area contributed by atoms with Gasteiger partial charge in [-0.1, -0.05) is 17.3 Å². The van der Waals surface area contributed by atoms with Crippen LogP contribution < -0.4 is 10.1 Å². The zero-order chi connectivity index (χ0) is 17.6. The zero-order valence-corrected chi connectivity index (χ0v) is 14.4. The summed E-state index contributed by atoms with van der Waals surface area (Å²) in [5, 5.41) is 6.73. The van der Waals surface area contributed by atoms with E-state index in [1.54, 1.807) is 12.0 Å². The van der Waals surface area contributed by atoms with Gasteiger partial charge in [-0.15, -0.1) is 0 Å². The molecule has 1 fully saturated rings. The number of nitrogens with one attached hydrogen (secondary N) is 1. The second-order valence-corrected chi connectivity index (χ2v) is 5.74. The van der Waals surface area contributed by atoms with Crippen molar-refractivity contribution >= 4 is 6.03 Å². The first-order valence-electron chi connectivity index (χ1n) is 8.31. The normalized spacial score (nSPS) is 14.2. The van der Waals surface area contributed by atoms with Gasteiger partial charge in [0, 0.05) is 20.1 Å². The van der Waals surface area contributed by atoms with Crippen LogP contribution in [0.3, 0.4) is 0 Å². The van der Waals surface area contributed by atoms with Gasteiger partial charge in [0.25, 0.3) is 5.89 Å². The third-order valence-corrected chi connectivity index (χ3v) is 3.87. The molecule has 8 nitrogen and oxygen atoms in total. The molecular formula is C17H22N4O4. The smallest absolute Gasteiger partial charge is 0.317 e. The maximum Gasteiger partial charge on any atom is 0.317 e. The van der Waals surface area contributed by atoms with E-state index < -0.39 is 0 Å². The highest BCUT2D eigenvalue weighted by atomic mass is 16.5. The van der Waals surface area contributed by atoms with Crippen LogP contribution >= 0.6 is 0 Å². The maximum atomic E-state index is 11.7. The molecule has 2 aromatic rings. The first kappa shape index (κ1) is 17.2. The fourth-order valence-electron chi connectivity index (χ4n) is 2.53. The van der Waals surface area contributed by atoms with E-state index in [4.69, 9.17) is 14.0 Å². The summed E-state index contributed by atoms with van der Waals surface area (Å²) in [4.78, 5) is 17.8. The molecule has 0 saturated carbocycles. The predicted molar refractivity (Wildman–Crippen MR) is 90.4 cm³/mol. The summed E-state index contributed by atoms with van der Waals surface area (Å²) in [6, 6.07) is 7.46. The topological polar surface area (TPSA) is 89.7 Å². The average Bonchev–Trinajstić information content (AvgIpc) is 3.05. The number of methoxy groups -OCH3 is 1. The molecule has 1 aliphatic heterocycles. The monoisotopic (exact) mass is 346 g/mol. The van der Waals surface area contributed by atoms with Gasteiger partial charge in [-0.3, -0.25) is 0 Å². The van der Waals surface area contributed by atoms with Crippen LogP contribution in [-0.4, -0.2) is 60.5 Å². The number of hydrogen-bond acceptors (Lipinski definition) is 6. The van der Waals surface area contributed by atoms with Gasteiger partial charge in [-0.05, 0) is 19.1 Å². The number of aromatic nitrogens is 2. The van der Waals surface area contributed by atoms with Crippen LogP contribution in [0.4, 0.5) is 4.79 Å². The number of ether oxygens (including phenoxy) is 2. The Hall–Kier alpha value is -2.61. The minimum absolute atomic E-state index is 0.0420. The van der Waals surface area contributed by atoms with Gasteiger partial charge in [0.05, 0.1) is 25.3 Å². The summed E-state index contributed by atoms with van der Waals surface area (Å²) < 4.78 is 16.4. The average molecular weight is 346 g/mol. The minimum atomic E-state index is -0.0599. The Balaban J connectivity index is 1.64. The van der Waals surface area contributed by atoms with Crippen molar-refractivity contribution in [2.45, 2.75) is 19.4 Å². The van der Waals surface area contributed by atoms with Crippen LogP contribution in [0.15, 0.2) is 28.8 Å². The lowest BCUT2D eigenvalue weighted by Crippen LogP contribution is -2.58. The molecule has 0 aliphatic carbocycles. The second-order valence-electron chi connectivity index (χ2n) is 5.74. The number of carbonyl (C=O) groups excluding carboxylic acids is 1. The highest BCUT2D eigenvalue weighted by Crippen LogP contribution is 2.30. The fraction of sp³-hybridized carbons (Fsp3) is 0.471. The summed E-state index contributed by atoms with van der Waals surface area (Å²) >= 11 is 0. The van der Waals surface area contributed by atoms with Crippen LogP contribution in [0.2, 0.25) is 0 Å². The molecule has 0 bridgehead atoms. The Morgan fingerprint density at radius 2 is 2.20 bits per heavy atom. The Bertz CT molecular complexity index is 712. The number of rotatable bonds is 7. The third-order valence-electron chi connectivity index (χ3n) is 3.87. The maximum absolute atomic E-state index is 11.7. The zero-order valence-electron chi connectivity index (χ0n) is 14.4. The Labute approximate surface area is 146 Å². The van der Waals surface area contributed by atoms with E-state index in [0.717, 1.165) is 5.56 Å². The summed E-state index contributed by atoms with van der Waals surface area (Å²) in [5.74, 6) is 1.68. The molecule has 0 spiro atoms. The third kappa shape index (κ3) is 4.08. The van der Waals surface area contributed by atoms with Crippen LogP contribution in [0.25, 0.3) is 11.5 Å². The molecule has 1 N–H and O–H groups in total. The van der Waals surface area contributed by atoms with Gasteiger partial charge in [0.2, 0.25) is 0 Å². The van der Waals surface area contributed by atoms with Crippen molar-refractivity contribution in [1.82, 2.24) is 20.4 Å². The van der Waals surface area contributed by atoms with Gasteiger partial charge in [0.1, 0.15) is 11.9 Å². The number of amides is 2. The van der Waals surface area contributed by atoms with Crippen LogP contribution in [0.5, 0.6) is 5.75 Å². The fourth-order valence-corrected chi connectivity index (χ4v) is 2.53. The second kappa shape index (κ2) is 7.98. The van der Waals surface area contributed by atoms with E-state index in [1.807, 2.05) is 31.2 Å². The molecule has 134 valence electrons. The van der Waals surface area contributed by atoms with Gasteiger partial charge >= 0.3 is 6.03 Å². The molecule has 1 saturated heterocycles. The number of carbonyl (C=O) groups is 1. The SMILES string of the molecule is CCNC(=O)N1CC(Oc2ccccc2-c2nc(CCOC)no2)C1. The van der Waals surface area contributed by atoms with E-state index in [-0.39, 0.29) is 12.1 Å².